The van der Waals surface area contributed by atoms with Crippen LogP contribution in [0.25, 0.3) is 0 Å². The first kappa shape index (κ1) is 31.4. The second kappa shape index (κ2) is 14.6. The molecule has 0 spiro atoms. The number of nitrogens with zero attached hydrogens (tertiary/aromatic N) is 2. The second-order valence-electron chi connectivity index (χ2n) is 8.96. The van der Waals surface area contributed by atoms with Crippen LogP contribution in [-0.2, 0) is 21.4 Å². The highest BCUT2D eigenvalue weighted by Crippen LogP contribution is 2.37. The van der Waals surface area contributed by atoms with Crippen molar-refractivity contribution >= 4 is 43.8 Å². The highest BCUT2D eigenvalue weighted by Gasteiger charge is 2.30. The molecule has 0 aliphatic rings. The van der Waals surface area contributed by atoms with Crippen LogP contribution in [0.15, 0.2) is 105 Å². The summed E-state index contributed by atoms with van der Waals surface area (Å²) < 4.78 is 51.1. The van der Waals surface area contributed by atoms with Gasteiger partial charge in [0.1, 0.15) is 24.7 Å². The van der Waals surface area contributed by atoms with E-state index in [2.05, 4.69) is 26.5 Å². The van der Waals surface area contributed by atoms with Gasteiger partial charge in [0.2, 0.25) is 0 Å². The molecule has 4 rings (SSSR count). The van der Waals surface area contributed by atoms with Crippen molar-refractivity contribution in [3.8, 4) is 23.0 Å². The van der Waals surface area contributed by atoms with E-state index in [1.165, 1.54) is 45.7 Å². The van der Waals surface area contributed by atoms with Gasteiger partial charge in [-0.3, -0.25) is 9.10 Å². The molecule has 0 radical (unpaired) electrons. The van der Waals surface area contributed by atoms with Crippen LogP contribution in [0.2, 0.25) is 0 Å². The zero-order valence-corrected chi connectivity index (χ0v) is 26.1. The summed E-state index contributed by atoms with van der Waals surface area (Å²) in [6, 6.07) is 25.7. The van der Waals surface area contributed by atoms with E-state index in [0.717, 1.165) is 9.87 Å². The van der Waals surface area contributed by atoms with Gasteiger partial charge >= 0.3 is 0 Å². The molecule has 0 fully saturated rings. The third-order valence-electron chi connectivity index (χ3n) is 6.15. The van der Waals surface area contributed by atoms with E-state index in [1.54, 1.807) is 42.5 Å². The predicted molar refractivity (Wildman–Crippen MR) is 168 cm³/mol. The van der Waals surface area contributed by atoms with Crippen LogP contribution < -0.4 is 28.7 Å². The number of hydrogen-bond acceptors (Lipinski definition) is 8. The fraction of sp³-hybridized carbons (Fsp3) is 0.161. The summed E-state index contributed by atoms with van der Waals surface area (Å²) in [5.41, 5.74) is 4.13. The molecule has 0 aromatic heterocycles. The highest BCUT2D eigenvalue weighted by atomic mass is 79.9. The van der Waals surface area contributed by atoms with Crippen LogP contribution in [0, 0.1) is 0 Å². The van der Waals surface area contributed by atoms with E-state index in [-0.39, 0.29) is 16.3 Å². The van der Waals surface area contributed by atoms with Gasteiger partial charge in [-0.2, -0.15) is 5.10 Å². The number of halogens is 1. The Labute approximate surface area is 259 Å². The van der Waals surface area contributed by atoms with Crippen LogP contribution in [0.3, 0.4) is 0 Å². The second-order valence-corrected chi connectivity index (χ2v) is 11.7. The number of carbonyl (C=O) groups excluding carboxylic acids is 1. The molecule has 0 bridgehead atoms. The van der Waals surface area contributed by atoms with E-state index in [1.807, 2.05) is 30.3 Å². The first-order chi connectivity index (χ1) is 20.8. The molecular weight excluding hydrogens is 638 g/mol. The summed E-state index contributed by atoms with van der Waals surface area (Å²) in [5.74, 6) is 0.917. The molecule has 0 atom stereocenters. The summed E-state index contributed by atoms with van der Waals surface area (Å²) in [6.07, 6.45) is 1.41. The van der Waals surface area contributed by atoms with Gasteiger partial charge in [-0.1, -0.05) is 48.5 Å². The monoisotopic (exact) mass is 667 g/mol. The van der Waals surface area contributed by atoms with E-state index in [0.29, 0.717) is 33.9 Å². The van der Waals surface area contributed by atoms with Gasteiger partial charge in [0.15, 0.2) is 11.5 Å². The number of benzene rings is 4. The molecule has 0 aliphatic carbocycles. The van der Waals surface area contributed by atoms with Crippen LogP contribution in [-0.4, -0.2) is 48.4 Å². The number of anilines is 1. The molecule has 1 amide bonds. The summed E-state index contributed by atoms with van der Waals surface area (Å²) in [6.45, 7) is -0.239. The van der Waals surface area contributed by atoms with Crippen molar-refractivity contribution in [3.05, 3.63) is 107 Å². The lowest BCUT2D eigenvalue weighted by Gasteiger charge is -2.25. The van der Waals surface area contributed by atoms with Crippen molar-refractivity contribution in [2.24, 2.45) is 5.10 Å². The molecule has 0 heterocycles. The molecule has 10 nitrogen and oxygen atoms in total. The largest absolute Gasteiger partial charge is 0.497 e. The Morgan fingerprint density at radius 1 is 0.884 bits per heavy atom. The number of hydrogen-bond donors (Lipinski definition) is 1. The van der Waals surface area contributed by atoms with Gasteiger partial charge < -0.3 is 18.9 Å². The molecule has 1 N–H and O–H groups in total. The lowest BCUT2D eigenvalue weighted by atomic mass is 10.2. The minimum Gasteiger partial charge on any atom is -0.497 e. The lowest BCUT2D eigenvalue weighted by Crippen LogP contribution is -2.39. The SMILES string of the molecule is COc1ccc(OC)c(N(CC(=O)N/N=C\c2cc(Br)c(OCc3ccccc3)c(OC)c2)S(=O)(=O)c2ccccc2)c1. The quantitative estimate of drug-likeness (QED) is 0.150. The number of rotatable bonds is 13. The minimum absolute atomic E-state index is 0.00249. The van der Waals surface area contributed by atoms with Gasteiger partial charge in [-0.25, -0.2) is 13.8 Å². The average Bonchev–Trinajstić information content (AvgIpc) is 3.03. The Balaban J connectivity index is 1.54. The topological polar surface area (TPSA) is 116 Å². The molecular formula is C31H30BrN3O7S. The Hall–Kier alpha value is -4.55. The van der Waals surface area contributed by atoms with Gasteiger partial charge in [0.05, 0.1) is 42.6 Å². The van der Waals surface area contributed by atoms with Gasteiger partial charge in [-0.15, -0.1) is 0 Å². The van der Waals surface area contributed by atoms with Crippen LogP contribution in [0.1, 0.15) is 11.1 Å². The molecule has 4 aromatic rings. The van der Waals surface area contributed by atoms with Crippen molar-refractivity contribution < 1.29 is 32.2 Å². The molecule has 224 valence electrons. The number of hydrazone groups is 1. The smallest absolute Gasteiger partial charge is 0.264 e. The number of carbonyl (C=O) groups is 1. The molecule has 0 aliphatic heterocycles. The standard InChI is InChI=1S/C31H30BrN3O7S/c1-39-24-14-15-28(40-2)27(18-24)35(43(37,38)25-12-8-5-9-13-25)20-30(36)34-33-19-23-16-26(32)31(29(17-23)41-3)42-21-22-10-6-4-7-11-22/h4-19H,20-21H2,1-3H3,(H,34,36)/b33-19-. The average molecular weight is 669 g/mol. The molecule has 0 unspecified atom stereocenters. The van der Waals surface area contributed by atoms with Crippen molar-refractivity contribution in [3.63, 3.8) is 0 Å². The van der Waals surface area contributed by atoms with Gasteiger partial charge in [-0.05, 0) is 63.5 Å². The normalized spacial score (nSPS) is 11.2. The Kier molecular flexibility index (Phi) is 10.6. The molecule has 12 heteroatoms. The maximum atomic E-state index is 13.7. The molecule has 0 saturated carbocycles. The Bertz CT molecular complexity index is 1680. The number of sulfonamides is 1. The highest BCUT2D eigenvalue weighted by molar-refractivity contribution is 9.10. The minimum atomic E-state index is -4.18. The molecule has 43 heavy (non-hydrogen) atoms. The first-order valence-electron chi connectivity index (χ1n) is 12.9. The Morgan fingerprint density at radius 2 is 1.56 bits per heavy atom. The first-order valence-corrected chi connectivity index (χ1v) is 15.2. The third-order valence-corrected chi connectivity index (χ3v) is 8.52. The van der Waals surface area contributed by atoms with Gasteiger partial charge in [0, 0.05) is 6.07 Å². The summed E-state index contributed by atoms with van der Waals surface area (Å²) in [4.78, 5) is 13.1. The van der Waals surface area contributed by atoms with Crippen LogP contribution >= 0.6 is 15.9 Å². The van der Waals surface area contributed by atoms with Crippen molar-refractivity contribution in [2.75, 3.05) is 32.2 Å². The predicted octanol–water partition coefficient (Wildman–Crippen LogP) is 5.40. The molecule has 4 aromatic carbocycles. The zero-order valence-electron chi connectivity index (χ0n) is 23.7. The fourth-order valence-electron chi connectivity index (χ4n) is 4.04. The lowest BCUT2D eigenvalue weighted by molar-refractivity contribution is -0.119. The van der Waals surface area contributed by atoms with E-state index in [4.69, 9.17) is 18.9 Å². The van der Waals surface area contributed by atoms with Gasteiger partial charge in [0.25, 0.3) is 15.9 Å². The van der Waals surface area contributed by atoms with Crippen LogP contribution in [0.4, 0.5) is 5.69 Å². The maximum Gasteiger partial charge on any atom is 0.264 e. The molecule has 0 saturated heterocycles. The number of ether oxygens (including phenoxy) is 4. The van der Waals surface area contributed by atoms with E-state index in [9.17, 15) is 13.2 Å². The fourth-order valence-corrected chi connectivity index (χ4v) is 6.06. The number of nitrogens with one attached hydrogen (secondary N) is 1. The van der Waals surface area contributed by atoms with Crippen molar-refractivity contribution in [2.45, 2.75) is 11.5 Å². The summed E-state index contributed by atoms with van der Waals surface area (Å²) >= 11 is 3.51. The summed E-state index contributed by atoms with van der Waals surface area (Å²) in [7, 11) is 0.209. The van der Waals surface area contributed by atoms with E-state index >= 15 is 0 Å². The zero-order chi connectivity index (χ0) is 30.8. The number of amides is 1. The van der Waals surface area contributed by atoms with E-state index < -0.39 is 22.5 Å². The summed E-state index contributed by atoms with van der Waals surface area (Å²) in [5, 5.41) is 4.04. The Morgan fingerprint density at radius 3 is 2.21 bits per heavy atom. The van der Waals surface area contributed by atoms with Crippen LogP contribution in [0.5, 0.6) is 23.0 Å². The van der Waals surface area contributed by atoms with Crippen molar-refractivity contribution in [1.82, 2.24) is 5.43 Å². The van der Waals surface area contributed by atoms with Crippen molar-refractivity contribution in [1.29, 1.82) is 0 Å². The number of methoxy groups -OCH3 is 3. The third kappa shape index (κ3) is 7.85. The maximum absolute atomic E-state index is 13.7.